The molecule has 1 heterocycles. The van der Waals surface area contributed by atoms with Gasteiger partial charge in [0.2, 0.25) is 0 Å². The molecule has 14 heavy (non-hydrogen) atoms. The van der Waals surface area contributed by atoms with Crippen LogP contribution >= 0.6 is 0 Å². The van der Waals surface area contributed by atoms with Gasteiger partial charge in [-0.2, -0.15) is 0 Å². The Kier molecular flexibility index (Phi) is 2.62. The molecule has 0 fully saturated rings. The summed E-state index contributed by atoms with van der Waals surface area (Å²) in [6.07, 6.45) is 4.70. The van der Waals surface area contributed by atoms with Crippen molar-refractivity contribution in [2.75, 3.05) is 0 Å². The lowest BCUT2D eigenvalue weighted by atomic mass is 10.1. The number of rotatable bonds is 3. The van der Waals surface area contributed by atoms with Crippen molar-refractivity contribution in [3.8, 4) is 11.5 Å². The Morgan fingerprint density at radius 1 is 1.50 bits per heavy atom. The van der Waals surface area contributed by atoms with Crippen LogP contribution in [-0.2, 0) is 6.42 Å². The molecule has 0 saturated heterocycles. The van der Waals surface area contributed by atoms with Gasteiger partial charge in [0.25, 0.3) is 0 Å². The third-order valence-corrected chi connectivity index (χ3v) is 2.69. The zero-order valence-electron chi connectivity index (χ0n) is 8.49. The Balaban J connectivity index is 2.06. The largest absolute Gasteiger partial charge is 0.504 e. The molecule has 1 aliphatic rings. The molecule has 0 radical (unpaired) electrons. The standard InChI is InChI=1S/C12H16O2/c1-2-3-6-10-8-9-5-4-7-11(13)12(9)14-10/h4-5,7,10,13H,2-3,6,8H2,1H3. The fourth-order valence-electron chi connectivity index (χ4n) is 1.91. The van der Waals surface area contributed by atoms with E-state index in [0.29, 0.717) is 5.75 Å². The molecule has 2 rings (SSSR count). The first-order valence-corrected chi connectivity index (χ1v) is 5.28. The summed E-state index contributed by atoms with van der Waals surface area (Å²) < 4.78 is 5.69. The summed E-state index contributed by atoms with van der Waals surface area (Å²) in [7, 11) is 0. The minimum absolute atomic E-state index is 0.276. The molecule has 0 spiro atoms. The van der Waals surface area contributed by atoms with Gasteiger partial charge in [0.15, 0.2) is 11.5 Å². The van der Waals surface area contributed by atoms with Crippen LogP contribution in [0.5, 0.6) is 11.5 Å². The van der Waals surface area contributed by atoms with Crippen LogP contribution in [0.2, 0.25) is 0 Å². The summed E-state index contributed by atoms with van der Waals surface area (Å²) >= 11 is 0. The molecule has 0 amide bonds. The first kappa shape index (κ1) is 9.38. The van der Waals surface area contributed by atoms with Gasteiger partial charge in [-0.3, -0.25) is 0 Å². The maximum atomic E-state index is 9.55. The Hall–Kier alpha value is -1.18. The molecule has 1 aliphatic heterocycles. The summed E-state index contributed by atoms with van der Waals surface area (Å²) in [5, 5.41) is 9.55. The average molecular weight is 192 g/mol. The lowest BCUT2D eigenvalue weighted by molar-refractivity contribution is 0.211. The van der Waals surface area contributed by atoms with Crippen LogP contribution in [0, 0.1) is 0 Å². The molecule has 0 saturated carbocycles. The van der Waals surface area contributed by atoms with Crippen molar-refractivity contribution in [3.05, 3.63) is 23.8 Å². The number of aromatic hydroxyl groups is 1. The molecule has 2 nitrogen and oxygen atoms in total. The van der Waals surface area contributed by atoms with Gasteiger partial charge in [0.05, 0.1) is 0 Å². The van der Waals surface area contributed by atoms with Gasteiger partial charge in [-0.15, -0.1) is 0 Å². The smallest absolute Gasteiger partial charge is 0.164 e. The quantitative estimate of drug-likeness (QED) is 0.798. The average Bonchev–Trinajstić information content (AvgIpc) is 2.59. The van der Waals surface area contributed by atoms with Gasteiger partial charge in [0.1, 0.15) is 6.10 Å². The number of unbranched alkanes of at least 4 members (excludes halogenated alkanes) is 1. The van der Waals surface area contributed by atoms with E-state index in [0.717, 1.165) is 18.4 Å². The fraction of sp³-hybridized carbons (Fsp3) is 0.500. The van der Waals surface area contributed by atoms with Crippen molar-refractivity contribution in [3.63, 3.8) is 0 Å². The molecule has 2 heteroatoms. The fourth-order valence-corrected chi connectivity index (χ4v) is 1.91. The van der Waals surface area contributed by atoms with Crippen LogP contribution in [0.3, 0.4) is 0 Å². The third-order valence-electron chi connectivity index (χ3n) is 2.69. The lowest BCUT2D eigenvalue weighted by Crippen LogP contribution is -2.12. The summed E-state index contributed by atoms with van der Waals surface area (Å²) in [5.41, 5.74) is 1.14. The van der Waals surface area contributed by atoms with Gasteiger partial charge < -0.3 is 9.84 Å². The SMILES string of the molecule is CCCCC1Cc2cccc(O)c2O1. The highest BCUT2D eigenvalue weighted by atomic mass is 16.5. The Morgan fingerprint density at radius 3 is 3.07 bits per heavy atom. The first-order chi connectivity index (χ1) is 6.81. The molecule has 76 valence electrons. The predicted molar refractivity (Wildman–Crippen MR) is 55.8 cm³/mol. The number of fused-ring (bicyclic) bond motifs is 1. The highest BCUT2D eigenvalue weighted by Gasteiger charge is 2.24. The van der Waals surface area contributed by atoms with Crippen molar-refractivity contribution in [2.45, 2.75) is 38.7 Å². The molecular formula is C12H16O2. The molecule has 0 aromatic heterocycles. The monoisotopic (exact) mass is 192 g/mol. The van der Waals surface area contributed by atoms with Crippen molar-refractivity contribution in [2.24, 2.45) is 0 Å². The van der Waals surface area contributed by atoms with Gasteiger partial charge in [-0.05, 0) is 12.5 Å². The summed E-state index contributed by atoms with van der Waals surface area (Å²) in [6, 6.07) is 5.59. The van der Waals surface area contributed by atoms with Crippen LogP contribution in [-0.4, -0.2) is 11.2 Å². The molecule has 0 bridgehead atoms. The summed E-state index contributed by atoms with van der Waals surface area (Å²) in [4.78, 5) is 0. The molecular weight excluding hydrogens is 176 g/mol. The van der Waals surface area contributed by atoms with E-state index in [1.54, 1.807) is 6.07 Å². The van der Waals surface area contributed by atoms with E-state index in [9.17, 15) is 5.11 Å². The second kappa shape index (κ2) is 3.91. The number of phenols is 1. The van der Waals surface area contributed by atoms with Crippen LogP contribution < -0.4 is 4.74 Å². The third kappa shape index (κ3) is 1.69. The Labute approximate surface area is 84.5 Å². The predicted octanol–water partition coefficient (Wildman–Crippen LogP) is 2.89. The van der Waals surface area contributed by atoms with Crippen LogP contribution in [0.25, 0.3) is 0 Å². The van der Waals surface area contributed by atoms with Gasteiger partial charge in [0, 0.05) is 12.0 Å². The molecule has 1 aromatic rings. The van der Waals surface area contributed by atoms with Crippen molar-refractivity contribution in [1.29, 1.82) is 0 Å². The normalized spacial score (nSPS) is 19.1. The van der Waals surface area contributed by atoms with E-state index in [2.05, 4.69) is 6.92 Å². The number of para-hydroxylation sites is 1. The van der Waals surface area contributed by atoms with Gasteiger partial charge >= 0.3 is 0 Å². The van der Waals surface area contributed by atoms with E-state index in [-0.39, 0.29) is 11.9 Å². The Bertz CT molecular complexity index is 320. The number of phenolic OH excluding ortho intramolecular Hbond substituents is 1. The van der Waals surface area contributed by atoms with E-state index < -0.39 is 0 Å². The minimum atomic E-state index is 0.276. The van der Waals surface area contributed by atoms with Crippen LogP contribution in [0.4, 0.5) is 0 Å². The topological polar surface area (TPSA) is 29.5 Å². The van der Waals surface area contributed by atoms with Crippen LogP contribution in [0.1, 0.15) is 31.7 Å². The zero-order chi connectivity index (χ0) is 9.97. The van der Waals surface area contributed by atoms with E-state index in [1.165, 1.54) is 12.8 Å². The number of benzene rings is 1. The number of hydrogen-bond donors (Lipinski definition) is 1. The molecule has 1 unspecified atom stereocenters. The van der Waals surface area contributed by atoms with Gasteiger partial charge in [-0.25, -0.2) is 0 Å². The van der Waals surface area contributed by atoms with Crippen molar-refractivity contribution >= 4 is 0 Å². The lowest BCUT2D eigenvalue weighted by Gasteiger charge is -2.09. The summed E-state index contributed by atoms with van der Waals surface area (Å²) in [6.45, 7) is 2.18. The second-order valence-corrected chi connectivity index (χ2v) is 3.85. The number of hydrogen-bond acceptors (Lipinski definition) is 2. The molecule has 1 atom stereocenters. The molecule has 1 N–H and O–H groups in total. The van der Waals surface area contributed by atoms with Crippen molar-refractivity contribution < 1.29 is 9.84 Å². The zero-order valence-corrected chi connectivity index (χ0v) is 8.49. The van der Waals surface area contributed by atoms with Crippen LogP contribution in [0.15, 0.2) is 18.2 Å². The van der Waals surface area contributed by atoms with E-state index in [1.807, 2.05) is 12.1 Å². The van der Waals surface area contributed by atoms with E-state index >= 15 is 0 Å². The van der Waals surface area contributed by atoms with Gasteiger partial charge in [-0.1, -0.05) is 31.9 Å². The maximum Gasteiger partial charge on any atom is 0.164 e. The first-order valence-electron chi connectivity index (χ1n) is 5.28. The van der Waals surface area contributed by atoms with Crippen molar-refractivity contribution in [1.82, 2.24) is 0 Å². The second-order valence-electron chi connectivity index (χ2n) is 3.85. The number of ether oxygens (including phenoxy) is 1. The Morgan fingerprint density at radius 2 is 2.36 bits per heavy atom. The highest BCUT2D eigenvalue weighted by molar-refractivity contribution is 5.48. The molecule has 0 aliphatic carbocycles. The minimum Gasteiger partial charge on any atom is -0.504 e. The maximum absolute atomic E-state index is 9.55. The summed E-state index contributed by atoms with van der Waals surface area (Å²) in [5.74, 6) is 0.982. The highest BCUT2D eigenvalue weighted by Crippen LogP contribution is 2.37. The molecule has 1 aromatic carbocycles. The van der Waals surface area contributed by atoms with E-state index in [4.69, 9.17) is 4.74 Å².